The van der Waals surface area contributed by atoms with Crippen LogP contribution in [-0.4, -0.2) is 57.5 Å². The van der Waals surface area contributed by atoms with Gasteiger partial charge in [-0.05, 0) is 62.1 Å². The maximum absolute atomic E-state index is 14.2. The normalized spacial score (nSPS) is 17.2. The number of esters is 1. The van der Waals surface area contributed by atoms with Crippen LogP contribution < -0.4 is 10.8 Å². The molecule has 44 heavy (non-hydrogen) atoms. The Labute approximate surface area is 257 Å². The number of para-hydroxylation sites is 1. The molecule has 10 nitrogen and oxygen atoms in total. The molecule has 0 radical (unpaired) electrons. The molecule has 3 aromatic rings. The van der Waals surface area contributed by atoms with Crippen LogP contribution in [0.15, 0.2) is 54.6 Å². The number of fused-ring (bicyclic) bond motifs is 3. The first-order chi connectivity index (χ1) is 21.4. The second-order valence-electron chi connectivity index (χ2n) is 11.8. The van der Waals surface area contributed by atoms with E-state index in [9.17, 15) is 19.2 Å². The molecule has 3 amide bonds. The van der Waals surface area contributed by atoms with E-state index in [0.29, 0.717) is 31.5 Å². The minimum Gasteiger partial charge on any atom is -0.461 e. The molecule has 0 saturated heterocycles. The van der Waals surface area contributed by atoms with Crippen LogP contribution in [0.25, 0.3) is 10.9 Å². The highest BCUT2D eigenvalue weighted by molar-refractivity contribution is 5.95. The number of aromatic nitrogens is 1. The third-order valence-corrected chi connectivity index (χ3v) is 8.74. The van der Waals surface area contributed by atoms with Crippen molar-refractivity contribution in [3.8, 4) is 0 Å². The highest BCUT2D eigenvalue weighted by Crippen LogP contribution is 2.35. The van der Waals surface area contributed by atoms with Gasteiger partial charge in [-0.1, -0.05) is 61.4 Å². The molecule has 1 aliphatic heterocycles. The molecule has 1 unspecified atom stereocenters. The van der Waals surface area contributed by atoms with Gasteiger partial charge in [0.05, 0.1) is 5.69 Å². The minimum atomic E-state index is -0.913. The van der Waals surface area contributed by atoms with Crippen LogP contribution in [-0.2, 0) is 36.8 Å². The SMILES string of the molecule is O=C(CCCCCCC(=O)N1CCc2c([nH]c3ccccc23)C1C(=O)N[C@@H](Cc1ccccc1)C(=O)OC1CCCC1)NO. The molecular weight excluding hydrogens is 560 g/mol. The van der Waals surface area contributed by atoms with Crippen LogP contribution >= 0.6 is 0 Å². The van der Waals surface area contributed by atoms with Crippen molar-refractivity contribution in [3.63, 3.8) is 0 Å². The Morgan fingerprint density at radius 2 is 1.64 bits per heavy atom. The number of amides is 3. The lowest BCUT2D eigenvalue weighted by Gasteiger charge is -2.36. The summed E-state index contributed by atoms with van der Waals surface area (Å²) in [7, 11) is 0. The van der Waals surface area contributed by atoms with Gasteiger partial charge in [0.25, 0.3) is 0 Å². The third-order valence-electron chi connectivity index (χ3n) is 8.74. The summed E-state index contributed by atoms with van der Waals surface area (Å²) in [5, 5.41) is 12.7. The quantitative estimate of drug-likeness (QED) is 0.0972. The fraction of sp³-hybridized carbons (Fsp3) is 0.471. The Balaban J connectivity index is 1.34. The molecule has 234 valence electrons. The van der Waals surface area contributed by atoms with Crippen LogP contribution in [0, 0.1) is 0 Å². The maximum atomic E-state index is 14.2. The van der Waals surface area contributed by atoms with E-state index in [2.05, 4.69) is 10.3 Å². The van der Waals surface area contributed by atoms with Gasteiger partial charge in [-0.2, -0.15) is 0 Å². The van der Waals surface area contributed by atoms with Gasteiger partial charge in [-0.3, -0.25) is 19.6 Å². The molecule has 1 saturated carbocycles. The van der Waals surface area contributed by atoms with Crippen molar-refractivity contribution in [2.75, 3.05) is 6.54 Å². The number of hydrogen-bond donors (Lipinski definition) is 4. The average molecular weight is 603 g/mol. The predicted molar refractivity (Wildman–Crippen MR) is 165 cm³/mol. The Morgan fingerprint density at radius 3 is 2.39 bits per heavy atom. The number of hydrogen-bond acceptors (Lipinski definition) is 6. The maximum Gasteiger partial charge on any atom is 0.329 e. The summed E-state index contributed by atoms with van der Waals surface area (Å²) in [6.45, 7) is 0.387. The van der Waals surface area contributed by atoms with E-state index in [1.54, 1.807) is 10.4 Å². The Hall–Kier alpha value is -4.18. The third kappa shape index (κ3) is 7.66. The number of carbonyl (C=O) groups is 4. The first kappa shape index (κ1) is 31.3. The van der Waals surface area contributed by atoms with Crippen molar-refractivity contribution in [3.05, 3.63) is 71.4 Å². The summed E-state index contributed by atoms with van der Waals surface area (Å²) < 4.78 is 5.85. The lowest BCUT2D eigenvalue weighted by Crippen LogP contribution is -2.52. The zero-order valence-corrected chi connectivity index (χ0v) is 25.1. The lowest BCUT2D eigenvalue weighted by atomic mass is 9.95. The molecule has 1 fully saturated rings. The number of ether oxygens (including phenoxy) is 1. The van der Waals surface area contributed by atoms with Crippen molar-refractivity contribution in [1.29, 1.82) is 0 Å². The van der Waals surface area contributed by atoms with Gasteiger partial charge in [-0.15, -0.1) is 0 Å². The van der Waals surface area contributed by atoms with E-state index < -0.39 is 29.9 Å². The summed E-state index contributed by atoms with van der Waals surface area (Å²) in [6, 6.07) is 15.6. The molecule has 1 aromatic heterocycles. The lowest BCUT2D eigenvalue weighted by molar-refractivity contribution is -0.153. The van der Waals surface area contributed by atoms with E-state index in [-0.39, 0.29) is 31.3 Å². The number of H-pyrrole nitrogens is 1. The molecule has 1 aliphatic carbocycles. The molecule has 2 heterocycles. The predicted octanol–water partition coefficient (Wildman–Crippen LogP) is 4.65. The van der Waals surface area contributed by atoms with Gasteiger partial charge in [0.15, 0.2) is 6.04 Å². The number of aromatic amines is 1. The largest absolute Gasteiger partial charge is 0.461 e. The first-order valence-electron chi connectivity index (χ1n) is 15.8. The number of nitrogens with one attached hydrogen (secondary N) is 3. The number of unbranched alkanes of at least 4 members (excludes halogenated alkanes) is 3. The smallest absolute Gasteiger partial charge is 0.329 e. The minimum absolute atomic E-state index is 0.129. The average Bonchev–Trinajstić information content (AvgIpc) is 3.69. The van der Waals surface area contributed by atoms with Crippen molar-refractivity contribution < 1.29 is 29.1 Å². The molecule has 2 atom stereocenters. The Kier molecular flexibility index (Phi) is 10.7. The van der Waals surface area contributed by atoms with Crippen LogP contribution in [0.4, 0.5) is 0 Å². The summed E-state index contributed by atoms with van der Waals surface area (Å²) >= 11 is 0. The summed E-state index contributed by atoms with van der Waals surface area (Å²) in [5.41, 5.74) is 5.13. The van der Waals surface area contributed by atoms with E-state index >= 15 is 0 Å². The Bertz CT molecular complexity index is 1450. The second kappa shape index (κ2) is 15.0. The van der Waals surface area contributed by atoms with Gasteiger partial charge in [-0.25, -0.2) is 10.3 Å². The van der Waals surface area contributed by atoms with E-state index in [1.807, 2.05) is 54.6 Å². The van der Waals surface area contributed by atoms with Crippen molar-refractivity contribution >= 4 is 34.6 Å². The van der Waals surface area contributed by atoms with E-state index in [4.69, 9.17) is 9.94 Å². The monoisotopic (exact) mass is 602 g/mol. The molecule has 10 heteroatoms. The second-order valence-corrected chi connectivity index (χ2v) is 11.8. The molecule has 4 N–H and O–H groups in total. The topological polar surface area (TPSA) is 141 Å². The zero-order chi connectivity index (χ0) is 30.9. The number of nitrogens with zero attached hydrogens (tertiary/aromatic N) is 1. The molecule has 5 rings (SSSR count). The van der Waals surface area contributed by atoms with E-state index in [1.165, 1.54) is 0 Å². The van der Waals surface area contributed by atoms with Crippen molar-refractivity contribution in [2.24, 2.45) is 0 Å². The van der Waals surface area contributed by atoms with Crippen molar-refractivity contribution in [2.45, 2.75) is 95.2 Å². The highest BCUT2D eigenvalue weighted by atomic mass is 16.5. The van der Waals surface area contributed by atoms with Gasteiger partial charge >= 0.3 is 5.97 Å². The highest BCUT2D eigenvalue weighted by Gasteiger charge is 2.39. The molecule has 2 aromatic carbocycles. The van der Waals surface area contributed by atoms with Gasteiger partial charge in [0, 0.05) is 36.7 Å². The van der Waals surface area contributed by atoms with E-state index in [0.717, 1.165) is 60.6 Å². The first-order valence-corrected chi connectivity index (χ1v) is 15.8. The van der Waals surface area contributed by atoms with Crippen LogP contribution in [0.1, 0.15) is 87.1 Å². The standard InChI is InChI=1S/C34H42N4O6/c39-29(37-43)18-6-1-2-7-19-30(40)38-21-20-26-25-16-10-11-17-27(25)35-31(26)32(38)33(41)36-28(22-23-12-4-3-5-13-23)34(42)44-24-14-8-9-15-24/h3-5,10-13,16-17,24,28,32,35,43H,1-2,6-9,14-15,18-22H2,(H,36,41)(H,37,39)/t28-,32?/m0/s1. The summed E-state index contributed by atoms with van der Waals surface area (Å²) in [5.74, 6) is -1.41. The number of benzene rings is 2. The molecule has 0 bridgehead atoms. The summed E-state index contributed by atoms with van der Waals surface area (Å²) in [4.78, 5) is 57.6. The van der Waals surface area contributed by atoms with Crippen LogP contribution in [0.3, 0.4) is 0 Å². The summed E-state index contributed by atoms with van der Waals surface area (Å²) in [6.07, 6.45) is 7.70. The molecule has 2 aliphatic rings. The molecule has 0 spiro atoms. The zero-order valence-electron chi connectivity index (χ0n) is 25.1. The number of rotatable bonds is 13. The van der Waals surface area contributed by atoms with Crippen LogP contribution in [0.5, 0.6) is 0 Å². The van der Waals surface area contributed by atoms with Crippen LogP contribution in [0.2, 0.25) is 0 Å². The van der Waals surface area contributed by atoms with Gasteiger partial charge < -0.3 is 19.9 Å². The number of hydroxylamine groups is 1. The van der Waals surface area contributed by atoms with Gasteiger partial charge in [0.2, 0.25) is 17.7 Å². The molecular formula is C34H42N4O6. The fourth-order valence-electron chi connectivity index (χ4n) is 6.44. The number of carbonyl (C=O) groups excluding carboxylic acids is 4. The van der Waals surface area contributed by atoms with Gasteiger partial charge in [0.1, 0.15) is 12.1 Å². The Morgan fingerprint density at radius 1 is 0.932 bits per heavy atom. The fourth-order valence-corrected chi connectivity index (χ4v) is 6.44. The van der Waals surface area contributed by atoms with Crippen molar-refractivity contribution in [1.82, 2.24) is 20.7 Å².